The molecule has 21 heavy (non-hydrogen) atoms. The Morgan fingerprint density at radius 3 is 2.81 bits per heavy atom. The van der Waals surface area contributed by atoms with E-state index in [-0.39, 0.29) is 4.90 Å². The van der Waals surface area contributed by atoms with Crippen molar-refractivity contribution in [3.63, 3.8) is 0 Å². The quantitative estimate of drug-likeness (QED) is 0.674. The highest BCUT2D eigenvalue weighted by Crippen LogP contribution is 2.10. The molecule has 0 saturated carbocycles. The maximum Gasteiger partial charge on any atom is 0.328 e. The SMILES string of the molecule is CCN(C)CCNS(=O)(=O)c1cncc(C=CC(=O)O)c1. The number of hydrogen-bond donors (Lipinski definition) is 2. The van der Waals surface area contributed by atoms with Crippen molar-refractivity contribution in [2.24, 2.45) is 0 Å². The fourth-order valence-electron chi connectivity index (χ4n) is 1.45. The number of carboxylic acid groups (broad SMARTS) is 1. The fourth-order valence-corrected chi connectivity index (χ4v) is 2.47. The molecule has 2 N–H and O–H groups in total. The third-order valence-electron chi connectivity index (χ3n) is 2.79. The van der Waals surface area contributed by atoms with E-state index < -0.39 is 16.0 Å². The van der Waals surface area contributed by atoms with Crippen LogP contribution in [-0.4, -0.2) is 56.1 Å². The van der Waals surface area contributed by atoms with Gasteiger partial charge < -0.3 is 10.0 Å². The minimum Gasteiger partial charge on any atom is -0.478 e. The molecule has 0 spiro atoms. The van der Waals surface area contributed by atoms with Crippen molar-refractivity contribution in [2.45, 2.75) is 11.8 Å². The number of nitrogens with zero attached hydrogens (tertiary/aromatic N) is 2. The molecule has 8 heteroatoms. The van der Waals surface area contributed by atoms with Crippen LogP contribution in [0.2, 0.25) is 0 Å². The Balaban J connectivity index is 2.79. The van der Waals surface area contributed by atoms with Crippen molar-refractivity contribution in [2.75, 3.05) is 26.7 Å². The van der Waals surface area contributed by atoms with Gasteiger partial charge in [0.05, 0.1) is 0 Å². The molecule has 0 aromatic carbocycles. The summed E-state index contributed by atoms with van der Waals surface area (Å²) < 4.78 is 26.6. The second kappa shape index (κ2) is 7.87. The number of likely N-dealkylation sites (N-methyl/N-ethyl adjacent to an activating group) is 1. The maximum atomic E-state index is 12.1. The summed E-state index contributed by atoms with van der Waals surface area (Å²) in [6, 6.07) is 1.37. The highest BCUT2D eigenvalue weighted by Gasteiger charge is 2.14. The molecule has 0 radical (unpaired) electrons. The van der Waals surface area contributed by atoms with Gasteiger partial charge in [-0.15, -0.1) is 0 Å². The summed E-state index contributed by atoms with van der Waals surface area (Å²) in [4.78, 5) is 16.2. The number of sulfonamides is 1. The van der Waals surface area contributed by atoms with Crippen LogP contribution in [0, 0.1) is 0 Å². The van der Waals surface area contributed by atoms with Crippen LogP contribution in [0.5, 0.6) is 0 Å². The lowest BCUT2D eigenvalue weighted by molar-refractivity contribution is -0.131. The van der Waals surface area contributed by atoms with Crippen LogP contribution >= 0.6 is 0 Å². The van der Waals surface area contributed by atoms with Gasteiger partial charge in [0.15, 0.2) is 0 Å². The van der Waals surface area contributed by atoms with Crippen LogP contribution in [0.4, 0.5) is 0 Å². The molecular weight excluding hydrogens is 294 g/mol. The molecule has 0 saturated heterocycles. The number of hydrogen-bond acceptors (Lipinski definition) is 5. The normalized spacial score (nSPS) is 12.1. The number of rotatable bonds is 8. The lowest BCUT2D eigenvalue weighted by Gasteiger charge is -2.14. The van der Waals surface area contributed by atoms with Crippen LogP contribution in [0.25, 0.3) is 6.08 Å². The van der Waals surface area contributed by atoms with Gasteiger partial charge in [0.1, 0.15) is 4.90 Å². The Labute approximate surface area is 124 Å². The number of carboxylic acids is 1. The molecule has 0 fully saturated rings. The van der Waals surface area contributed by atoms with Crippen molar-refractivity contribution in [3.8, 4) is 0 Å². The minimum absolute atomic E-state index is 0.00851. The smallest absolute Gasteiger partial charge is 0.328 e. The first-order valence-electron chi connectivity index (χ1n) is 6.39. The van der Waals surface area contributed by atoms with Gasteiger partial charge in [-0.2, -0.15) is 0 Å². The molecule has 0 aliphatic carbocycles. The third kappa shape index (κ3) is 6.03. The van der Waals surface area contributed by atoms with E-state index >= 15 is 0 Å². The first-order chi connectivity index (χ1) is 9.85. The van der Waals surface area contributed by atoms with Crippen LogP contribution in [-0.2, 0) is 14.8 Å². The van der Waals surface area contributed by atoms with Crippen LogP contribution in [0.3, 0.4) is 0 Å². The average molecular weight is 313 g/mol. The van der Waals surface area contributed by atoms with Gasteiger partial charge in [-0.25, -0.2) is 17.9 Å². The van der Waals surface area contributed by atoms with Gasteiger partial charge in [-0.3, -0.25) is 4.98 Å². The van der Waals surface area contributed by atoms with Gasteiger partial charge >= 0.3 is 5.97 Å². The van der Waals surface area contributed by atoms with Gasteiger partial charge in [-0.05, 0) is 31.3 Å². The van der Waals surface area contributed by atoms with E-state index in [0.717, 1.165) is 12.6 Å². The number of pyridine rings is 1. The zero-order chi connectivity index (χ0) is 15.9. The van der Waals surface area contributed by atoms with E-state index in [0.29, 0.717) is 18.7 Å². The molecule has 1 rings (SSSR count). The predicted molar refractivity (Wildman–Crippen MR) is 79.3 cm³/mol. The molecule has 0 aliphatic rings. The van der Waals surface area contributed by atoms with Crippen molar-refractivity contribution >= 4 is 22.1 Å². The monoisotopic (exact) mass is 313 g/mol. The summed E-state index contributed by atoms with van der Waals surface area (Å²) in [5.41, 5.74) is 0.408. The van der Waals surface area contributed by atoms with Crippen molar-refractivity contribution in [1.29, 1.82) is 0 Å². The van der Waals surface area contributed by atoms with E-state index in [2.05, 4.69) is 9.71 Å². The van der Waals surface area contributed by atoms with E-state index in [4.69, 9.17) is 5.11 Å². The van der Waals surface area contributed by atoms with Crippen LogP contribution in [0.1, 0.15) is 12.5 Å². The van der Waals surface area contributed by atoms with Gasteiger partial charge in [0.25, 0.3) is 0 Å². The molecule has 0 aliphatic heterocycles. The number of aliphatic carboxylic acids is 1. The fraction of sp³-hybridized carbons (Fsp3) is 0.385. The summed E-state index contributed by atoms with van der Waals surface area (Å²) in [5, 5.41) is 8.55. The Hall–Kier alpha value is -1.77. The molecule has 0 amide bonds. The zero-order valence-electron chi connectivity index (χ0n) is 12.0. The first-order valence-corrected chi connectivity index (χ1v) is 7.87. The summed E-state index contributed by atoms with van der Waals surface area (Å²) in [6.07, 6.45) is 4.84. The molecular formula is C13H19N3O4S. The minimum atomic E-state index is -3.65. The largest absolute Gasteiger partial charge is 0.478 e. The van der Waals surface area contributed by atoms with E-state index in [1.54, 1.807) is 0 Å². The molecule has 116 valence electrons. The Kier molecular flexibility index (Phi) is 6.47. The maximum absolute atomic E-state index is 12.1. The average Bonchev–Trinajstić information content (AvgIpc) is 2.45. The standard InChI is InChI=1S/C13H19N3O4S/c1-3-16(2)7-6-15-21(19,20)12-8-11(9-14-10-12)4-5-13(17)18/h4-5,8-10,15H,3,6-7H2,1-2H3,(H,17,18). The molecule has 7 nitrogen and oxygen atoms in total. The lowest BCUT2D eigenvalue weighted by Crippen LogP contribution is -2.33. The number of aromatic nitrogens is 1. The van der Waals surface area contributed by atoms with Crippen molar-refractivity contribution in [3.05, 3.63) is 30.1 Å². The number of nitrogens with one attached hydrogen (secondary N) is 1. The highest BCUT2D eigenvalue weighted by molar-refractivity contribution is 7.89. The molecule has 1 heterocycles. The predicted octanol–water partition coefficient (Wildman–Crippen LogP) is 0.409. The summed E-state index contributed by atoms with van der Waals surface area (Å²) in [5.74, 6) is -1.11. The van der Waals surface area contributed by atoms with Gasteiger partial charge in [-0.1, -0.05) is 6.92 Å². The van der Waals surface area contributed by atoms with Crippen molar-refractivity contribution in [1.82, 2.24) is 14.6 Å². The van der Waals surface area contributed by atoms with Crippen LogP contribution in [0.15, 0.2) is 29.4 Å². The molecule has 0 unspecified atom stereocenters. The summed E-state index contributed by atoms with van der Waals surface area (Å²) in [6.45, 7) is 3.71. The summed E-state index contributed by atoms with van der Waals surface area (Å²) in [7, 11) is -1.75. The molecule has 0 bridgehead atoms. The second-order valence-corrected chi connectivity index (χ2v) is 6.19. The van der Waals surface area contributed by atoms with Gasteiger partial charge in [0.2, 0.25) is 10.0 Å². The Bertz CT molecular complexity index is 614. The van der Waals surface area contributed by atoms with Gasteiger partial charge in [0, 0.05) is 31.6 Å². The lowest BCUT2D eigenvalue weighted by atomic mass is 10.2. The Morgan fingerprint density at radius 2 is 2.19 bits per heavy atom. The van der Waals surface area contributed by atoms with E-state index in [1.165, 1.54) is 24.5 Å². The third-order valence-corrected chi connectivity index (χ3v) is 4.22. The van der Waals surface area contributed by atoms with Crippen molar-refractivity contribution < 1.29 is 18.3 Å². The topological polar surface area (TPSA) is 99.6 Å². The molecule has 1 aromatic rings. The summed E-state index contributed by atoms with van der Waals surface area (Å²) >= 11 is 0. The van der Waals surface area contributed by atoms with Crippen LogP contribution < -0.4 is 4.72 Å². The number of carbonyl (C=O) groups is 1. The molecule has 1 aromatic heterocycles. The zero-order valence-corrected chi connectivity index (χ0v) is 12.8. The highest BCUT2D eigenvalue weighted by atomic mass is 32.2. The van der Waals surface area contributed by atoms with E-state index in [1.807, 2.05) is 18.9 Å². The second-order valence-electron chi connectivity index (χ2n) is 4.42. The first kappa shape index (κ1) is 17.3. The molecule has 0 atom stereocenters. The Morgan fingerprint density at radius 1 is 1.48 bits per heavy atom. The van der Waals surface area contributed by atoms with E-state index in [9.17, 15) is 13.2 Å².